The van der Waals surface area contributed by atoms with Gasteiger partial charge in [-0.2, -0.15) is 0 Å². The summed E-state index contributed by atoms with van der Waals surface area (Å²) in [5.74, 6) is -2.80. The van der Waals surface area contributed by atoms with Gasteiger partial charge in [0.15, 0.2) is 16.4 Å². The van der Waals surface area contributed by atoms with E-state index in [1.54, 1.807) is 0 Å². The zero-order valence-corrected chi connectivity index (χ0v) is 17.2. The second kappa shape index (κ2) is 9.82. The number of hydrogen-bond acceptors (Lipinski definition) is 6. The molecule has 1 heterocycles. The molecule has 1 fully saturated rings. The molecule has 160 valence electrons. The van der Waals surface area contributed by atoms with Gasteiger partial charge in [0.2, 0.25) is 0 Å². The molecule has 0 spiro atoms. The molecule has 1 atom stereocenters. The Kier molecular flexibility index (Phi) is 7.72. The molecule has 0 aromatic heterocycles. The van der Waals surface area contributed by atoms with Crippen LogP contribution < -0.4 is 5.32 Å². The fourth-order valence-corrected chi connectivity index (χ4v) is 4.77. The molecule has 8 nitrogen and oxygen atoms in total. The summed E-state index contributed by atoms with van der Waals surface area (Å²) in [7, 11) is -3.17. The highest BCUT2D eigenvalue weighted by atomic mass is 32.2. The molecule has 0 bridgehead atoms. The van der Waals surface area contributed by atoms with Crippen LogP contribution in [-0.4, -0.2) is 68.3 Å². The lowest BCUT2D eigenvalue weighted by atomic mass is 10.1. The van der Waals surface area contributed by atoms with Crippen molar-refractivity contribution in [2.24, 2.45) is 5.92 Å². The molecule has 2 rings (SSSR count). The fourth-order valence-electron chi connectivity index (χ4n) is 3.04. The highest BCUT2D eigenvalue weighted by molar-refractivity contribution is 7.91. The van der Waals surface area contributed by atoms with Crippen LogP contribution in [0.2, 0.25) is 0 Å². The number of benzene rings is 1. The number of ether oxygens (including phenoxy) is 1. The van der Waals surface area contributed by atoms with E-state index in [-0.39, 0.29) is 23.0 Å². The van der Waals surface area contributed by atoms with E-state index in [0.717, 1.165) is 6.07 Å². The van der Waals surface area contributed by atoms with E-state index in [2.05, 4.69) is 5.32 Å². The molecule has 29 heavy (non-hydrogen) atoms. The SMILES string of the molecule is CC(C)CN(C(=O)COC(=O)CNC(=O)c1ccccc1F)[C@H]1CCS(=O)(=O)C1. The Morgan fingerprint density at radius 3 is 2.55 bits per heavy atom. The second-order valence-electron chi connectivity index (χ2n) is 7.32. The minimum absolute atomic E-state index is 0.0292. The van der Waals surface area contributed by atoms with Crippen LogP contribution in [0.1, 0.15) is 30.6 Å². The monoisotopic (exact) mass is 428 g/mol. The fraction of sp³-hybridized carbons (Fsp3) is 0.526. The van der Waals surface area contributed by atoms with Gasteiger partial charge in [0, 0.05) is 12.6 Å². The molecule has 1 saturated heterocycles. The van der Waals surface area contributed by atoms with Crippen LogP contribution in [0.4, 0.5) is 4.39 Å². The first kappa shape index (κ1) is 22.8. The van der Waals surface area contributed by atoms with Gasteiger partial charge in [-0.3, -0.25) is 14.4 Å². The van der Waals surface area contributed by atoms with Crippen molar-refractivity contribution >= 4 is 27.6 Å². The molecule has 1 aromatic carbocycles. The van der Waals surface area contributed by atoms with Crippen LogP contribution in [0.15, 0.2) is 24.3 Å². The van der Waals surface area contributed by atoms with Crippen molar-refractivity contribution in [1.82, 2.24) is 10.2 Å². The van der Waals surface area contributed by atoms with Gasteiger partial charge in [0.1, 0.15) is 12.4 Å². The summed E-state index contributed by atoms with van der Waals surface area (Å²) in [6, 6.07) is 4.89. The van der Waals surface area contributed by atoms with E-state index >= 15 is 0 Å². The number of rotatable bonds is 8. The van der Waals surface area contributed by atoms with Crippen molar-refractivity contribution < 1.29 is 31.9 Å². The van der Waals surface area contributed by atoms with Gasteiger partial charge in [-0.05, 0) is 24.5 Å². The van der Waals surface area contributed by atoms with Crippen LogP contribution in [0.25, 0.3) is 0 Å². The van der Waals surface area contributed by atoms with E-state index in [9.17, 15) is 27.2 Å². The normalized spacial score (nSPS) is 17.7. The number of amides is 2. The maximum absolute atomic E-state index is 13.5. The quantitative estimate of drug-likeness (QED) is 0.613. The standard InChI is InChI=1S/C19H25FN2O6S/c1-13(2)10-22(14-7-8-29(26,27)12-14)17(23)11-28-18(24)9-21-19(25)15-5-3-4-6-16(15)20/h3-6,13-14H,7-12H2,1-2H3,(H,21,25)/t14-/m0/s1. The van der Waals surface area contributed by atoms with Crippen LogP contribution in [-0.2, 0) is 24.2 Å². The number of halogens is 1. The average molecular weight is 428 g/mol. The van der Waals surface area contributed by atoms with Gasteiger partial charge in [-0.25, -0.2) is 12.8 Å². The molecule has 2 amide bonds. The lowest BCUT2D eigenvalue weighted by molar-refractivity contribution is -0.152. The third-order valence-electron chi connectivity index (χ3n) is 4.40. The number of nitrogens with one attached hydrogen (secondary N) is 1. The Morgan fingerprint density at radius 1 is 1.28 bits per heavy atom. The molecule has 0 unspecified atom stereocenters. The second-order valence-corrected chi connectivity index (χ2v) is 9.55. The molecule has 0 saturated carbocycles. The number of hydrogen-bond donors (Lipinski definition) is 1. The van der Waals surface area contributed by atoms with Crippen LogP contribution in [0.5, 0.6) is 0 Å². The summed E-state index contributed by atoms with van der Waals surface area (Å²) in [4.78, 5) is 37.7. The van der Waals surface area contributed by atoms with Gasteiger partial charge in [-0.15, -0.1) is 0 Å². The lowest BCUT2D eigenvalue weighted by Crippen LogP contribution is -2.45. The van der Waals surface area contributed by atoms with E-state index in [0.29, 0.717) is 13.0 Å². The minimum atomic E-state index is -3.17. The summed E-state index contributed by atoms with van der Waals surface area (Å²) in [6.07, 6.45) is 0.355. The third-order valence-corrected chi connectivity index (χ3v) is 6.15. The Morgan fingerprint density at radius 2 is 1.97 bits per heavy atom. The predicted octanol–water partition coefficient (Wildman–Crippen LogP) is 0.770. The molecule has 0 aliphatic carbocycles. The highest BCUT2D eigenvalue weighted by Crippen LogP contribution is 2.19. The summed E-state index contributed by atoms with van der Waals surface area (Å²) in [6.45, 7) is 3.06. The number of sulfone groups is 1. The van der Waals surface area contributed by atoms with Crippen molar-refractivity contribution in [3.05, 3.63) is 35.6 Å². The molecular weight excluding hydrogens is 403 g/mol. The summed E-state index contributed by atoms with van der Waals surface area (Å²) >= 11 is 0. The molecule has 1 aliphatic heterocycles. The van der Waals surface area contributed by atoms with E-state index in [1.165, 1.54) is 23.1 Å². The van der Waals surface area contributed by atoms with Crippen LogP contribution >= 0.6 is 0 Å². The smallest absolute Gasteiger partial charge is 0.325 e. The Hall–Kier alpha value is -2.49. The molecule has 10 heteroatoms. The number of esters is 1. The van der Waals surface area contributed by atoms with Crippen molar-refractivity contribution in [2.75, 3.05) is 31.2 Å². The maximum Gasteiger partial charge on any atom is 0.325 e. The van der Waals surface area contributed by atoms with Crippen molar-refractivity contribution in [2.45, 2.75) is 26.3 Å². The molecule has 1 N–H and O–H groups in total. The zero-order chi connectivity index (χ0) is 21.6. The summed E-state index contributed by atoms with van der Waals surface area (Å²) in [5, 5.41) is 2.23. The molecule has 1 aliphatic rings. The number of carbonyl (C=O) groups is 3. The highest BCUT2D eigenvalue weighted by Gasteiger charge is 2.35. The maximum atomic E-state index is 13.5. The van der Waals surface area contributed by atoms with Gasteiger partial charge >= 0.3 is 5.97 Å². The van der Waals surface area contributed by atoms with Crippen LogP contribution in [0, 0.1) is 11.7 Å². The number of carbonyl (C=O) groups excluding carboxylic acids is 3. The van der Waals surface area contributed by atoms with Gasteiger partial charge < -0.3 is 15.0 Å². The summed E-state index contributed by atoms with van der Waals surface area (Å²) in [5.41, 5.74) is -0.207. The van der Waals surface area contributed by atoms with E-state index in [1.807, 2.05) is 13.8 Å². The lowest BCUT2D eigenvalue weighted by Gasteiger charge is -2.29. The topological polar surface area (TPSA) is 110 Å². The third kappa shape index (κ3) is 6.81. The molecular formula is C19H25FN2O6S. The molecule has 1 aromatic rings. The first-order valence-corrected chi connectivity index (χ1v) is 11.1. The number of nitrogens with zero attached hydrogens (tertiary/aromatic N) is 1. The van der Waals surface area contributed by atoms with E-state index < -0.39 is 52.6 Å². The summed E-state index contributed by atoms with van der Waals surface area (Å²) < 4.78 is 41.9. The van der Waals surface area contributed by atoms with Gasteiger partial charge in [0.05, 0.1) is 17.1 Å². The van der Waals surface area contributed by atoms with Gasteiger partial charge in [0.25, 0.3) is 11.8 Å². The predicted molar refractivity (Wildman–Crippen MR) is 103 cm³/mol. The Balaban J connectivity index is 1.86. The van der Waals surface area contributed by atoms with Crippen molar-refractivity contribution in [1.29, 1.82) is 0 Å². The Bertz CT molecular complexity index is 871. The minimum Gasteiger partial charge on any atom is -0.454 e. The first-order valence-electron chi connectivity index (χ1n) is 9.27. The van der Waals surface area contributed by atoms with Crippen LogP contribution in [0.3, 0.4) is 0 Å². The average Bonchev–Trinajstić information content (AvgIpc) is 3.02. The van der Waals surface area contributed by atoms with Crippen molar-refractivity contribution in [3.63, 3.8) is 0 Å². The zero-order valence-electron chi connectivity index (χ0n) is 16.4. The largest absolute Gasteiger partial charge is 0.454 e. The van der Waals surface area contributed by atoms with Crippen molar-refractivity contribution in [3.8, 4) is 0 Å². The van der Waals surface area contributed by atoms with Gasteiger partial charge in [-0.1, -0.05) is 26.0 Å². The Labute approximate surface area is 169 Å². The molecule has 0 radical (unpaired) electrons. The first-order chi connectivity index (χ1) is 13.6. The van der Waals surface area contributed by atoms with E-state index in [4.69, 9.17) is 4.74 Å².